The summed E-state index contributed by atoms with van der Waals surface area (Å²) in [6, 6.07) is 8.36. The minimum Gasteiger partial charge on any atom is -0.332 e. The van der Waals surface area contributed by atoms with E-state index in [-0.39, 0.29) is 11.7 Å². The predicted molar refractivity (Wildman–Crippen MR) is 87.9 cm³/mol. The van der Waals surface area contributed by atoms with Crippen molar-refractivity contribution >= 4 is 11.7 Å². The molecule has 1 aromatic carbocycles. The van der Waals surface area contributed by atoms with E-state index in [0.29, 0.717) is 17.9 Å². The maximum atomic E-state index is 11.9. The molecule has 3 rings (SSSR count). The molecule has 0 aliphatic rings. The number of aromatic nitrogens is 5. The number of anilines is 1. The summed E-state index contributed by atoms with van der Waals surface area (Å²) >= 11 is 0. The van der Waals surface area contributed by atoms with Gasteiger partial charge in [0.25, 0.3) is 0 Å². The molecule has 124 valence electrons. The van der Waals surface area contributed by atoms with Crippen molar-refractivity contribution in [3.8, 4) is 5.69 Å². The Kier molecular flexibility index (Phi) is 4.15. The molecule has 0 saturated heterocycles. The fourth-order valence-electron chi connectivity index (χ4n) is 2.16. The summed E-state index contributed by atoms with van der Waals surface area (Å²) in [4.78, 5) is 23.7. The predicted octanol–water partition coefficient (Wildman–Crippen LogP) is 0.626. The van der Waals surface area contributed by atoms with Crippen molar-refractivity contribution in [1.29, 1.82) is 0 Å². The number of hydrogen-bond acceptors (Lipinski definition) is 4. The Bertz CT molecular complexity index is 905. The Labute approximate surface area is 137 Å². The Morgan fingerprint density at radius 1 is 1.12 bits per heavy atom. The third-order valence-corrected chi connectivity index (χ3v) is 3.55. The summed E-state index contributed by atoms with van der Waals surface area (Å²) < 4.78 is 4.37. The molecule has 24 heavy (non-hydrogen) atoms. The first-order valence-electron chi connectivity index (χ1n) is 7.27. The fourth-order valence-corrected chi connectivity index (χ4v) is 2.16. The monoisotopic (exact) mass is 327 g/mol. The Hall–Kier alpha value is -3.36. The highest BCUT2D eigenvalue weighted by Gasteiger charge is 2.06. The van der Waals surface area contributed by atoms with E-state index in [1.54, 1.807) is 42.2 Å². The molecule has 0 radical (unpaired) electrons. The fraction of sp³-hybridized carbons (Fsp3) is 0.200. The van der Waals surface area contributed by atoms with Crippen LogP contribution in [0.15, 0.2) is 47.7 Å². The molecule has 0 bridgehead atoms. The van der Waals surface area contributed by atoms with Gasteiger partial charge in [-0.05, 0) is 30.3 Å². The Morgan fingerprint density at radius 2 is 1.88 bits per heavy atom. The van der Waals surface area contributed by atoms with E-state index in [1.165, 1.54) is 15.6 Å². The van der Waals surface area contributed by atoms with Crippen LogP contribution in [0.25, 0.3) is 5.69 Å². The lowest BCUT2D eigenvalue weighted by Crippen LogP contribution is -2.29. The van der Waals surface area contributed by atoms with Gasteiger partial charge in [0.15, 0.2) is 0 Å². The molecule has 9 heteroatoms. The van der Waals surface area contributed by atoms with Gasteiger partial charge in [-0.15, -0.1) is 0 Å². The number of hydrogen-bond donors (Lipinski definition) is 2. The van der Waals surface area contributed by atoms with Crippen LogP contribution in [-0.2, 0) is 20.6 Å². The van der Waals surface area contributed by atoms with E-state index >= 15 is 0 Å². The van der Waals surface area contributed by atoms with Gasteiger partial charge in [-0.25, -0.2) is 9.59 Å². The van der Waals surface area contributed by atoms with Crippen LogP contribution in [0.4, 0.5) is 10.5 Å². The maximum absolute atomic E-state index is 11.9. The molecule has 2 heterocycles. The number of nitrogens with zero attached hydrogens (tertiary/aromatic N) is 5. The summed E-state index contributed by atoms with van der Waals surface area (Å²) in [5, 5.41) is 13.5. The van der Waals surface area contributed by atoms with Gasteiger partial charge in [0.2, 0.25) is 0 Å². The van der Waals surface area contributed by atoms with E-state index in [1.807, 2.05) is 13.1 Å². The second kappa shape index (κ2) is 6.41. The van der Waals surface area contributed by atoms with Gasteiger partial charge in [0.1, 0.15) is 6.33 Å². The van der Waals surface area contributed by atoms with Gasteiger partial charge < -0.3 is 10.6 Å². The van der Waals surface area contributed by atoms with E-state index in [4.69, 9.17) is 0 Å². The van der Waals surface area contributed by atoms with Crippen molar-refractivity contribution in [3.05, 3.63) is 59.0 Å². The third kappa shape index (κ3) is 3.19. The summed E-state index contributed by atoms with van der Waals surface area (Å²) in [5.74, 6) is 0. The zero-order valence-electron chi connectivity index (χ0n) is 13.3. The zero-order valence-corrected chi connectivity index (χ0v) is 13.3. The molecule has 3 aromatic rings. The minimum absolute atomic E-state index is 0.232. The lowest BCUT2D eigenvalue weighted by molar-refractivity contribution is 0.251. The molecule has 0 spiro atoms. The van der Waals surface area contributed by atoms with E-state index in [9.17, 15) is 9.59 Å². The molecule has 0 aliphatic heterocycles. The Balaban J connectivity index is 1.62. The van der Waals surface area contributed by atoms with Crippen molar-refractivity contribution in [2.45, 2.75) is 6.54 Å². The second-order valence-electron chi connectivity index (χ2n) is 5.24. The van der Waals surface area contributed by atoms with Gasteiger partial charge in [-0.1, -0.05) is 0 Å². The van der Waals surface area contributed by atoms with Crippen LogP contribution in [-0.4, -0.2) is 30.2 Å². The second-order valence-corrected chi connectivity index (χ2v) is 5.24. The zero-order chi connectivity index (χ0) is 17.1. The molecule has 2 amide bonds. The van der Waals surface area contributed by atoms with E-state index in [2.05, 4.69) is 20.8 Å². The van der Waals surface area contributed by atoms with Crippen LogP contribution in [0.3, 0.4) is 0 Å². The van der Waals surface area contributed by atoms with Crippen LogP contribution in [0.5, 0.6) is 0 Å². The first-order valence-corrected chi connectivity index (χ1v) is 7.27. The van der Waals surface area contributed by atoms with Crippen molar-refractivity contribution < 1.29 is 4.79 Å². The first-order chi connectivity index (χ1) is 11.5. The van der Waals surface area contributed by atoms with Crippen molar-refractivity contribution in [2.24, 2.45) is 14.1 Å². The summed E-state index contributed by atoms with van der Waals surface area (Å²) in [5.41, 5.74) is 1.91. The van der Waals surface area contributed by atoms with Crippen LogP contribution >= 0.6 is 0 Å². The first kappa shape index (κ1) is 15.5. The largest absolute Gasteiger partial charge is 0.350 e. The van der Waals surface area contributed by atoms with Gasteiger partial charge in [-0.2, -0.15) is 14.9 Å². The van der Waals surface area contributed by atoms with Gasteiger partial charge in [0.05, 0.1) is 17.9 Å². The van der Waals surface area contributed by atoms with E-state index in [0.717, 1.165) is 5.69 Å². The molecule has 2 N–H and O–H groups in total. The summed E-state index contributed by atoms with van der Waals surface area (Å²) in [7, 11) is 3.45. The van der Waals surface area contributed by atoms with Crippen LogP contribution in [0, 0.1) is 0 Å². The van der Waals surface area contributed by atoms with E-state index < -0.39 is 0 Å². The highest BCUT2D eigenvalue weighted by molar-refractivity contribution is 5.89. The number of rotatable bonds is 4. The van der Waals surface area contributed by atoms with Crippen LogP contribution < -0.4 is 16.3 Å². The number of nitrogens with one attached hydrogen (secondary N) is 2. The third-order valence-electron chi connectivity index (χ3n) is 3.55. The summed E-state index contributed by atoms with van der Waals surface area (Å²) in [6.07, 6.45) is 3.12. The maximum Gasteiger partial charge on any atom is 0.350 e. The average molecular weight is 327 g/mol. The summed E-state index contributed by atoms with van der Waals surface area (Å²) in [6.45, 7) is 0.379. The number of carbonyl (C=O) groups is 1. The van der Waals surface area contributed by atoms with Gasteiger partial charge in [-0.3, -0.25) is 9.25 Å². The smallest absolute Gasteiger partial charge is 0.332 e. The highest BCUT2D eigenvalue weighted by Crippen LogP contribution is 2.11. The molecule has 0 fully saturated rings. The lowest BCUT2D eigenvalue weighted by atomic mass is 10.3. The number of urea groups is 1. The quantitative estimate of drug-likeness (QED) is 0.734. The van der Waals surface area contributed by atoms with Gasteiger partial charge in [0, 0.05) is 26.0 Å². The minimum atomic E-state index is -0.320. The number of amides is 2. The number of carbonyl (C=O) groups excluding carboxylic acids is 1. The Morgan fingerprint density at radius 3 is 2.46 bits per heavy atom. The molecule has 0 saturated carbocycles. The molecule has 0 unspecified atom stereocenters. The SMILES string of the molecule is Cn1nccc1CNC(=O)Nc1ccc(-n2ncn(C)c2=O)cc1. The highest BCUT2D eigenvalue weighted by atomic mass is 16.2. The van der Waals surface area contributed by atoms with Gasteiger partial charge >= 0.3 is 11.7 Å². The standard InChI is InChI=1S/C15H17N7O2/c1-20-10-18-22(15(20)24)12-5-3-11(4-6-12)19-14(23)16-9-13-7-8-17-21(13)2/h3-8,10H,9H2,1-2H3,(H2,16,19,23). The topological polar surface area (TPSA) is 98.8 Å². The normalized spacial score (nSPS) is 10.6. The molecule has 2 aromatic heterocycles. The van der Waals surface area contributed by atoms with Crippen LogP contribution in [0.2, 0.25) is 0 Å². The molecular formula is C15H17N7O2. The molecular weight excluding hydrogens is 310 g/mol. The molecule has 0 aliphatic carbocycles. The van der Waals surface area contributed by atoms with Crippen molar-refractivity contribution in [2.75, 3.05) is 5.32 Å². The van der Waals surface area contributed by atoms with Crippen molar-refractivity contribution in [1.82, 2.24) is 29.4 Å². The lowest BCUT2D eigenvalue weighted by Gasteiger charge is -2.08. The number of benzene rings is 1. The van der Waals surface area contributed by atoms with Crippen molar-refractivity contribution in [3.63, 3.8) is 0 Å². The molecule has 9 nitrogen and oxygen atoms in total. The molecule has 0 atom stereocenters. The average Bonchev–Trinajstić information content (AvgIpc) is 3.13. The van der Waals surface area contributed by atoms with Crippen LogP contribution in [0.1, 0.15) is 5.69 Å². The number of aryl methyl sites for hydroxylation is 2.